The first-order valence-corrected chi connectivity index (χ1v) is 16.6. The van der Waals surface area contributed by atoms with Crippen molar-refractivity contribution >= 4 is 23.6 Å². The summed E-state index contributed by atoms with van der Waals surface area (Å²) in [7, 11) is 0. The molecule has 2 amide bonds. The number of carbonyl (C=O) groups is 2. The van der Waals surface area contributed by atoms with Crippen molar-refractivity contribution in [1.82, 2.24) is 10.8 Å². The lowest BCUT2D eigenvalue weighted by atomic mass is 9.99. The number of benzene rings is 3. The summed E-state index contributed by atoms with van der Waals surface area (Å²) < 4.78 is 13.8. The fraction of sp³-hybridized carbons (Fsp3) is 0.306. The van der Waals surface area contributed by atoms with Crippen LogP contribution in [-0.2, 0) is 32.2 Å². The second-order valence-electron chi connectivity index (χ2n) is 11.4. The molecule has 1 saturated heterocycles. The van der Waals surface area contributed by atoms with Crippen molar-refractivity contribution in [3.05, 3.63) is 125 Å². The zero-order chi connectivity index (χ0) is 33.0. The standard InChI is InChI=1S/C36H39N3O7S/c40-23-25-11-13-28(14-12-25)32-21-31(24-47-35-10-3-4-19-39(35)44)45-36(46-32)29-17-15-27(16-18-29)30-7-5-6-26(20-30)22-37-33(41)8-1-2-9-34(42)38-43/h3-7,10-20,31-32,36,40,43H,1-2,8-9,21-24H2,(H,37,41)(H,38,42). The molecular formula is C36H39N3O7S. The van der Waals surface area contributed by atoms with Crippen molar-refractivity contribution in [2.45, 2.75) is 68.8 Å². The first-order chi connectivity index (χ1) is 22.9. The van der Waals surface area contributed by atoms with Crippen LogP contribution < -0.4 is 15.5 Å². The highest BCUT2D eigenvalue weighted by Crippen LogP contribution is 2.39. The van der Waals surface area contributed by atoms with Gasteiger partial charge in [0.05, 0.1) is 18.8 Å². The van der Waals surface area contributed by atoms with Crippen molar-refractivity contribution in [1.29, 1.82) is 0 Å². The number of hydroxylamine groups is 1. The van der Waals surface area contributed by atoms with E-state index >= 15 is 0 Å². The Morgan fingerprint density at radius 2 is 1.60 bits per heavy atom. The summed E-state index contributed by atoms with van der Waals surface area (Å²) in [5.41, 5.74) is 7.28. The topological polar surface area (TPSA) is 144 Å². The van der Waals surface area contributed by atoms with Gasteiger partial charge in [0.1, 0.15) is 0 Å². The maximum atomic E-state index is 12.3. The Labute approximate surface area is 278 Å². The molecule has 5 rings (SSSR count). The van der Waals surface area contributed by atoms with Crippen LogP contribution in [0.4, 0.5) is 0 Å². The normalized spacial score (nSPS) is 17.6. The smallest absolute Gasteiger partial charge is 0.251 e. The summed E-state index contributed by atoms with van der Waals surface area (Å²) in [6, 6.07) is 29.1. The van der Waals surface area contributed by atoms with E-state index in [0.29, 0.717) is 43.0 Å². The zero-order valence-electron chi connectivity index (χ0n) is 25.9. The molecule has 4 N–H and O–H groups in total. The zero-order valence-corrected chi connectivity index (χ0v) is 26.7. The number of aliphatic hydroxyl groups excluding tert-OH is 1. The first kappa shape index (κ1) is 34.1. The molecule has 0 aliphatic carbocycles. The van der Waals surface area contributed by atoms with Crippen LogP contribution in [0.3, 0.4) is 0 Å². The maximum absolute atomic E-state index is 12.3. The number of hydrogen-bond donors (Lipinski definition) is 4. The molecule has 1 aliphatic rings. The Morgan fingerprint density at radius 3 is 2.32 bits per heavy atom. The molecule has 2 heterocycles. The number of nitrogens with zero attached hydrogens (tertiary/aromatic N) is 1. The molecule has 0 radical (unpaired) electrons. The van der Waals surface area contributed by atoms with Crippen LogP contribution >= 0.6 is 11.8 Å². The highest BCUT2D eigenvalue weighted by Gasteiger charge is 2.32. The number of thioether (sulfide) groups is 1. The third kappa shape index (κ3) is 9.87. The minimum atomic E-state index is -0.611. The number of aromatic nitrogens is 1. The Balaban J connectivity index is 1.23. The molecule has 0 saturated carbocycles. The molecule has 3 atom stereocenters. The molecule has 246 valence electrons. The quantitative estimate of drug-likeness (QED) is 0.0348. The number of pyridine rings is 1. The average Bonchev–Trinajstić information content (AvgIpc) is 3.12. The van der Waals surface area contributed by atoms with Crippen molar-refractivity contribution in [3.63, 3.8) is 0 Å². The van der Waals surface area contributed by atoms with Gasteiger partial charge in [0.15, 0.2) is 12.5 Å². The highest BCUT2D eigenvalue weighted by molar-refractivity contribution is 7.99. The van der Waals surface area contributed by atoms with Gasteiger partial charge in [-0.1, -0.05) is 78.5 Å². The van der Waals surface area contributed by atoms with Crippen molar-refractivity contribution < 1.29 is 34.1 Å². The first-order valence-electron chi connectivity index (χ1n) is 15.6. The third-order valence-corrected chi connectivity index (χ3v) is 9.09. The van der Waals surface area contributed by atoms with Gasteiger partial charge in [-0.25, -0.2) is 5.48 Å². The van der Waals surface area contributed by atoms with Gasteiger partial charge in [-0.05, 0) is 52.8 Å². The largest absolute Gasteiger partial charge is 0.618 e. The van der Waals surface area contributed by atoms with Gasteiger partial charge >= 0.3 is 0 Å². The van der Waals surface area contributed by atoms with Crippen LogP contribution in [0.1, 0.15) is 66.8 Å². The Kier molecular flexibility index (Phi) is 12.4. The van der Waals surface area contributed by atoms with Gasteiger partial charge in [0.2, 0.25) is 11.8 Å². The second-order valence-corrected chi connectivity index (χ2v) is 12.4. The molecule has 3 aromatic carbocycles. The van der Waals surface area contributed by atoms with E-state index < -0.39 is 12.2 Å². The number of hydrogen-bond acceptors (Lipinski definition) is 8. The lowest BCUT2D eigenvalue weighted by Crippen LogP contribution is -2.32. The lowest BCUT2D eigenvalue weighted by molar-refractivity contribution is -0.645. The monoisotopic (exact) mass is 657 g/mol. The van der Waals surface area contributed by atoms with Gasteiger partial charge in [-0.2, -0.15) is 4.73 Å². The molecule has 10 nitrogen and oxygen atoms in total. The van der Waals surface area contributed by atoms with E-state index in [4.69, 9.17) is 14.7 Å². The number of rotatable bonds is 14. The SMILES string of the molecule is O=C(CCCCC(=O)NCc1cccc(-c2ccc(C3OC(CSc4cccc[n+]4[O-])CC(c4ccc(CO)cc4)O3)cc2)c1)NO. The van der Waals surface area contributed by atoms with Gasteiger partial charge in [0, 0.05) is 49.3 Å². The molecule has 1 aliphatic heterocycles. The second kappa shape index (κ2) is 17.1. The number of amides is 2. The Morgan fingerprint density at radius 1 is 0.851 bits per heavy atom. The van der Waals surface area contributed by atoms with Crippen LogP contribution in [-0.4, -0.2) is 34.0 Å². The maximum Gasteiger partial charge on any atom is 0.251 e. The molecule has 47 heavy (non-hydrogen) atoms. The lowest BCUT2D eigenvalue weighted by Gasteiger charge is -2.36. The Hall–Kier alpha value is -4.26. The summed E-state index contributed by atoms with van der Waals surface area (Å²) in [5.74, 6) is 0.0382. The van der Waals surface area contributed by atoms with Crippen LogP contribution in [0, 0.1) is 5.21 Å². The molecule has 1 aromatic heterocycles. The molecular weight excluding hydrogens is 618 g/mol. The third-order valence-electron chi connectivity index (χ3n) is 7.94. The summed E-state index contributed by atoms with van der Waals surface area (Å²) in [4.78, 5) is 23.4. The predicted molar refractivity (Wildman–Crippen MR) is 177 cm³/mol. The molecule has 11 heteroatoms. The number of nitrogens with one attached hydrogen (secondary N) is 2. The number of carbonyl (C=O) groups excluding carboxylic acids is 2. The van der Waals surface area contributed by atoms with Crippen LogP contribution in [0.15, 0.2) is 102 Å². The van der Waals surface area contributed by atoms with Gasteiger partial charge < -0.3 is 25.1 Å². The van der Waals surface area contributed by atoms with Crippen LogP contribution in [0.5, 0.6) is 0 Å². The number of aliphatic hydroxyl groups is 1. The highest BCUT2D eigenvalue weighted by atomic mass is 32.2. The summed E-state index contributed by atoms with van der Waals surface area (Å²) in [6.45, 7) is 0.364. The number of unbranched alkanes of at least 4 members (excludes halogenated alkanes) is 1. The summed E-state index contributed by atoms with van der Waals surface area (Å²) >= 11 is 1.46. The predicted octanol–water partition coefficient (Wildman–Crippen LogP) is 5.50. The molecule has 1 fully saturated rings. The fourth-order valence-electron chi connectivity index (χ4n) is 5.34. The van der Waals surface area contributed by atoms with Crippen LogP contribution in [0.25, 0.3) is 11.1 Å². The molecule has 4 aromatic rings. The fourth-order valence-corrected chi connectivity index (χ4v) is 6.27. The number of ether oxygens (including phenoxy) is 2. The van der Waals surface area contributed by atoms with Crippen molar-refractivity contribution in [3.8, 4) is 11.1 Å². The minimum absolute atomic E-state index is 0.0258. The van der Waals surface area contributed by atoms with E-state index in [1.807, 2.05) is 78.9 Å². The Bertz CT molecular complexity index is 1620. The van der Waals surface area contributed by atoms with Gasteiger partial charge in [0.25, 0.3) is 5.03 Å². The summed E-state index contributed by atoms with van der Waals surface area (Å²) in [5, 5.41) is 33.8. The van der Waals surface area contributed by atoms with Crippen molar-refractivity contribution in [2.75, 3.05) is 5.75 Å². The van der Waals surface area contributed by atoms with E-state index in [-0.39, 0.29) is 31.1 Å². The van der Waals surface area contributed by atoms with Gasteiger partial charge in [-0.3, -0.25) is 14.8 Å². The van der Waals surface area contributed by atoms with Crippen molar-refractivity contribution in [2.24, 2.45) is 0 Å². The van der Waals surface area contributed by atoms with E-state index in [1.165, 1.54) is 18.0 Å². The molecule has 0 spiro atoms. The van der Waals surface area contributed by atoms with Crippen LogP contribution in [0.2, 0.25) is 0 Å². The minimum Gasteiger partial charge on any atom is -0.618 e. The summed E-state index contributed by atoms with van der Waals surface area (Å²) in [6.07, 6.45) is 2.67. The average molecular weight is 658 g/mol. The van der Waals surface area contributed by atoms with E-state index in [9.17, 15) is 19.9 Å². The van der Waals surface area contributed by atoms with Gasteiger partial charge in [-0.15, -0.1) is 0 Å². The van der Waals surface area contributed by atoms with E-state index in [0.717, 1.165) is 38.1 Å². The molecule has 0 bridgehead atoms. The van der Waals surface area contributed by atoms with E-state index in [2.05, 4.69) is 5.32 Å². The van der Waals surface area contributed by atoms with E-state index in [1.54, 1.807) is 17.6 Å². The molecule has 3 unspecified atom stereocenters.